The van der Waals surface area contributed by atoms with Crippen LogP contribution in [0.25, 0.3) is 0 Å². The zero-order valence-corrected chi connectivity index (χ0v) is 8.25. The minimum atomic E-state index is 0.745. The first kappa shape index (κ1) is 8.69. The fourth-order valence-electron chi connectivity index (χ4n) is 2.02. The molecule has 1 heterocycles. The lowest BCUT2D eigenvalue weighted by molar-refractivity contribution is 0.433. The normalized spacial score (nSPS) is 21.5. The molecule has 0 fully saturated rings. The van der Waals surface area contributed by atoms with Gasteiger partial charge in [-0.25, -0.2) is 0 Å². The van der Waals surface area contributed by atoms with E-state index in [0.717, 1.165) is 25.3 Å². The SMILES string of the molecule is CNCC1CCc2nn(C)nc2C1. The second-order valence-electron chi connectivity index (χ2n) is 3.75. The molecular formula is C9H16N4. The molecule has 0 amide bonds. The Morgan fingerprint density at radius 1 is 1.46 bits per heavy atom. The first-order valence-electron chi connectivity index (χ1n) is 4.83. The van der Waals surface area contributed by atoms with E-state index in [0.29, 0.717) is 0 Å². The molecule has 1 aliphatic carbocycles. The van der Waals surface area contributed by atoms with Crippen LogP contribution >= 0.6 is 0 Å². The topological polar surface area (TPSA) is 42.7 Å². The van der Waals surface area contributed by atoms with E-state index in [-0.39, 0.29) is 0 Å². The largest absolute Gasteiger partial charge is 0.319 e. The number of nitrogens with one attached hydrogen (secondary N) is 1. The van der Waals surface area contributed by atoms with Crippen LogP contribution in [0.2, 0.25) is 0 Å². The molecule has 2 rings (SSSR count). The summed E-state index contributed by atoms with van der Waals surface area (Å²) in [6, 6.07) is 0. The number of aromatic nitrogens is 3. The number of hydrogen-bond acceptors (Lipinski definition) is 3. The molecule has 1 aromatic rings. The lowest BCUT2D eigenvalue weighted by Crippen LogP contribution is -2.24. The molecule has 1 N–H and O–H groups in total. The first-order chi connectivity index (χ1) is 6.29. The molecule has 0 saturated heterocycles. The zero-order chi connectivity index (χ0) is 9.26. The smallest absolute Gasteiger partial charge is 0.0862 e. The summed E-state index contributed by atoms with van der Waals surface area (Å²) in [5.74, 6) is 0.745. The van der Waals surface area contributed by atoms with Gasteiger partial charge in [0.15, 0.2) is 0 Å². The van der Waals surface area contributed by atoms with Gasteiger partial charge in [-0.15, -0.1) is 0 Å². The fraction of sp³-hybridized carbons (Fsp3) is 0.778. The Kier molecular flexibility index (Phi) is 2.31. The van der Waals surface area contributed by atoms with Gasteiger partial charge in [0.2, 0.25) is 0 Å². The van der Waals surface area contributed by atoms with Crippen molar-refractivity contribution >= 4 is 0 Å². The van der Waals surface area contributed by atoms with Gasteiger partial charge in [-0.05, 0) is 38.8 Å². The lowest BCUT2D eigenvalue weighted by Gasteiger charge is -2.19. The molecule has 1 atom stereocenters. The summed E-state index contributed by atoms with van der Waals surface area (Å²) in [6.45, 7) is 1.09. The van der Waals surface area contributed by atoms with Crippen molar-refractivity contribution in [3.8, 4) is 0 Å². The van der Waals surface area contributed by atoms with Crippen LogP contribution in [0.1, 0.15) is 17.8 Å². The highest BCUT2D eigenvalue weighted by atomic mass is 15.5. The van der Waals surface area contributed by atoms with Gasteiger partial charge in [0.1, 0.15) is 0 Å². The van der Waals surface area contributed by atoms with Gasteiger partial charge in [0.25, 0.3) is 0 Å². The molecule has 1 unspecified atom stereocenters. The molecule has 0 saturated carbocycles. The van der Waals surface area contributed by atoms with E-state index in [1.165, 1.54) is 17.8 Å². The number of nitrogens with zero attached hydrogens (tertiary/aromatic N) is 3. The Morgan fingerprint density at radius 2 is 2.23 bits per heavy atom. The van der Waals surface area contributed by atoms with Crippen LogP contribution in [0.3, 0.4) is 0 Å². The van der Waals surface area contributed by atoms with Crippen LogP contribution in [0.5, 0.6) is 0 Å². The van der Waals surface area contributed by atoms with Crippen molar-refractivity contribution in [3.63, 3.8) is 0 Å². The highest BCUT2D eigenvalue weighted by molar-refractivity contribution is 5.13. The number of fused-ring (bicyclic) bond motifs is 1. The quantitative estimate of drug-likeness (QED) is 0.704. The number of rotatable bonds is 2. The van der Waals surface area contributed by atoms with Gasteiger partial charge in [0, 0.05) is 7.05 Å². The first-order valence-corrected chi connectivity index (χ1v) is 4.83. The Balaban J connectivity index is 2.10. The van der Waals surface area contributed by atoms with Crippen LogP contribution in [-0.4, -0.2) is 28.6 Å². The standard InChI is InChI=1S/C9H16N4/c1-10-6-7-3-4-8-9(5-7)12-13(2)11-8/h7,10H,3-6H2,1-2H3. The van der Waals surface area contributed by atoms with E-state index < -0.39 is 0 Å². The van der Waals surface area contributed by atoms with E-state index in [4.69, 9.17) is 0 Å². The van der Waals surface area contributed by atoms with Crippen molar-refractivity contribution in [1.82, 2.24) is 20.3 Å². The van der Waals surface area contributed by atoms with Crippen molar-refractivity contribution in [2.45, 2.75) is 19.3 Å². The van der Waals surface area contributed by atoms with Crippen LogP contribution in [0.4, 0.5) is 0 Å². The summed E-state index contributed by atoms with van der Waals surface area (Å²) in [6.07, 6.45) is 3.42. The van der Waals surface area contributed by atoms with Gasteiger partial charge in [0.05, 0.1) is 11.4 Å². The molecule has 4 heteroatoms. The average molecular weight is 180 g/mol. The number of hydrogen-bond donors (Lipinski definition) is 1. The fourth-order valence-corrected chi connectivity index (χ4v) is 2.02. The Labute approximate surface area is 78.3 Å². The summed E-state index contributed by atoms with van der Waals surface area (Å²) < 4.78 is 0. The maximum Gasteiger partial charge on any atom is 0.0862 e. The number of aryl methyl sites for hydroxylation is 2. The molecule has 0 aliphatic heterocycles. The van der Waals surface area contributed by atoms with E-state index in [1.54, 1.807) is 4.80 Å². The van der Waals surface area contributed by atoms with Crippen LogP contribution < -0.4 is 5.32 Å². The molecule has 13 heavy (non-hydrogen) atoms. The summed E-state index contributed by atoms with van der Waals surface area (Å²) >= 11 is 0. The van der Waals surface area contributed by atoms with Crippen molar-refractivity contribution in [1.29, 1.82) is 0 Å². The Morgan fingerprint density at radius 3 is 3.00 bits per heavy atom. The van der Waals surface area contributed by atoms with Crippen molar-refractivity contribution < 1.29 is 0 Å². The van der Waals surface area contributed by atoms with Crippen LogP contribution in [0, 0.1) is 5.92 Å². The van der Waals surface area contributed by atoms with Gasteiger partial charge >= 0.3 is 0 Å². The molecule has 0 spiro atoms. The van der Waals surface area contributed by atoms with E-state index in [2.05, 4.69) is 15.5 Å². The molecule has 72 valence electrons. The van der Waals surface area contributed by atoms with Crippen molar-refractivity contribution in [2.75, 3.05) is 13.6 Å². The predicted molar refractivity (Wildman–Crippen MR) is 50.4 cm³/mol. The Bertz CT molecular complexity index is 292. The minimum Gasteiger partial charge on any atom is -0.319 e. The van der Waals surface area contributed by atoms with Gasteiger partial charge in [-0.1, -0.05) is 0 Å². The van der Waals surface area contributed by atoms with Crippen LogP contribution in [-0.2, 0) is 19.9 Å². The minimum absolute atomic E-state index is 0.745. The van der Waals surface area contributed by atoms with Crippen LogP contribution in [0.15, 0.2) is 0 Å². The third-order valence-electron chi connectivity index (χ3n) is 2.63. The third-order valence-corrected chi connectivity index (χ3v) is 2.63. The van der Waals surface area contributed by atoms with Gasteiger partial charge in [-0.3, -0.25) is 0 Å². The second-order valence-corrected chi connectivity index (χ2v) is 3.75. The maximum absolute atomic E-state index is 4.36. The third kappa shape index (κ3) is 1.72. The van der Waals surface area contributed by atoms with Crippen molar-refractivity contribution in [2.24, 2.45) is 13.0 Å². The zero-order valence-electron chi connectivity index (χ0n) is 8.25. The summed E-state index contributed by atoms with van der Waals surface area (Å²) in [7, 11) is 3.90. The van der Waals surface area contributed by atoms with Gasteiger partial charge in [-0.2, -0.15) is 15.0 Å². The lowest BCUT2D eigenvalue weighted by atomic mass is 9.90. The summed E-state index contributed by atoms with van der Waals surface area (Å²) in [4.78, 5) is 1.69. The molecule has 0 aromatic carbocycles. The maximum atomic E-state index is 4.36. The van der Waals surface area contributed by atoms with Crippen molar-refractivity contribution in [3.05, 3.63) is 11.4 Å². The molecule has 0 bridgehead atoms. The molecule has 1 aliphatic rings. The van der Waals surface area contributed by atoms with Gasteiger partial charge < -0.3 is 5.32 Å². The molecule has 0 radical (unpaired) electrons. The highest BCUT2D eigenvalue weighted by Gasteiger charge is 2.21. The monoisotopic (exact) mass is 180 g/mol. The summed E-state index contributed by atoms with van der Waals surface area (Å²) in [5.41, 5.74) is 2.41. The van der Waals surface area contributed by atoms with E-state index in [1.807, 2.05) is 14.1 Å². The Hall–Kier alpha value is -0.900. The highest BCUT2D eigenvalue weighted by Crippen LogP contribution is 2.21. The predicted octanol–water partition coefficient (Wildman–Crippen LogP) is 0.139. The molecule has 4 nitrogen and oxygen atoms in total. The summed E-state index contributed by atoms with van der Waals surface area (Å²) in [5, 5.41) is 11.9. The molecular weight excluding hydrogens is 164 g/mol. The average Bonchev–Trinajstić information content (AvgIpc) is 2.44. The second kappa shape index (κ2) is 3.46. The molecule has 1 aromatic heterocycles. The van der Waals surface area contributed by atoms with E-state index in [9.17, 15) is 0 Å². The van der Waals surface area contributed by atoms with E-state index >= 15 is 0 Å².